The van der Waals surface area contributed by atoms with Gasteiger partial charge in [0, 0.05) is 47.4 Å². The van der Waals surface area contributed by atoms with Crippen LogP contribution in [-0.2, 0) is 32.6 Å². The number of benzene rings is 4. The summed E-state index contributed by atoms with van der Waals surface area (Å²) in [6.45, 7) is 3.95. The summed E-state index contributed by atoms with van der Waals surface area (Å²) in [5, 5.41) is 5.37. The van der Waals surface area contributed by atoms with Gasteiger partial charge in [-0.15, -0.1) is 0 Å². The highest BCUT2D eigenvalue weighted by atomic mass is 35.5. The maximum absolute atomic E-state index is 14.0. The number of amides is 2. The zero-order valence-corrected chi connectivity index (χ0v) is 26.3. The van der Waals surface area contributed by atoms with Crippen molar-refractivity contribution in [2.45, 2.75) is 56.6 Å². The van der Waals surface area contributed by atoms with E-state index in [1.165, 1.54) is 4.31 Å². The highest BCUT2D eigenvalue weighted by Gasteiger charge is 2.36. The van der Waals surface area contributed by atoms with E-state index in [1.54, 1.807) is 41.3 Å². The molecule has 10 heteroatoms. The van der Waals surface area contributed by atoms with Gasteiger partial charge in [-0.2, -0.15) is 0 Å². The van der Waals surface area contributed by atoms with Gasteiger partial charge in [-0.3, -0.25) is 13.9 Å². The van der Waals surface area contributed by atoms with E-state index in [9.17, 15) is 18.0 Å². The van der Waals surface area contributed by atoms with Crippen LogP contribution in [0.3, 0.4) is 0 Å². The summed E-state index contributed by atoms with van der Waals surface area (Å²) in [6, 6.07) is 24.4. The van der Waals surface area contributed by atoms with Gasteiger partial charge >= 0.3 is 0 Å². The Bertz CT molecular complexity index is 1760. The Balaban J connectivity index is 1.41. The normalized spacial score (nSPS) is 14.2. The first kappa shape index (κ1) is 30.9. The fourth-order valence-corrected chi connectivity index (χ4v) is 7.70. The van der Waals surface area contributed by atoms with Gasteiger partial charge in [0.2, 0.25) is 11.8 Å². The van der Waals surface area contributed by atoms with Crippen LogP contribution >= 0.6 is 23.2 Å². The number of hydrogen-bond acceptors (Lipinski definition) is 4. The summed E-state index contributed by atoms with van der Waals surface area (Å²) in [4.78, 5) is 29.4. The summed E-state index contributed by atoms with van der Waals surface area (Å²) >= 11 is 12.6. The molecule has 1 aliphatic heterocycles. The summed E-state index contributed by atoms with van der Waals surface area (Å²) in [6.07, 6.45) is 0.592. The molecule has 0 bridgehead atoms. The molecule has 7 nitrogen and oxygen atoms in total. The second-order valence-corrected chi connectivity index (χ2v) is 13.6. The van der Waals surface area contributed by atoms with Gasteiger partial charge in [-0.05, 0) is 61.0 Å². The van der Waals surface area contributed by atoms with E-state index < -0.39 is 16.1 Å². The van der Waals surface area contributed by atoms with Crippen LogP contribution < -0.4 is 9.62 Å². The number of sulfonamides is 1. The quantitative estimate of drug-likeness (QED) is 0.201. The Hall–Kier alpha value is -3.59. The maximum atomic E-state index is 14.0. The lowest BCUT2D eigenvalue weighted by Crippen LogP contribution is -2.51. The zero-order chi connectivity index (χ0) is 30.7. The highest BCUT2D eigenvalue weighted by Crippen LogP contribution is 2.42. The smallest absolute Gasteiger partial charge is 0.265 e. The average molecular weight is 639 g/mol. The van der Waals surface area contributed by atoms with Crippen molar-refractivity contribution in [1.82, 2.24) is 10.2 Å². The molecule has 4 aromatic carbocycles. The molecule has 5 rings (SSSR count). The molecule has 0 radical (unpaired) electrons. The number of halogens is 2. The third-order valence-electron chi connectivity index (χ3n) is 7.49. The molecule has 1 heterocycles. The Morgan fingerprint density at radius 3 is 2.35 bits per heavy atom. The van der Waals surface area contributed by atoms with Crippen LogP contribution in [0.1, 0.15) is 37.8 Å². The first-order chi connectivity index (χ1) is 20.6. The van der Waals surface area contributed by atoms with Crippen LogP contribution in [0.25, 0.3) is 10.8 Å². The molecule has 1 atom stereocenters. The minimum atomic E-state index is -3.74. The predicted octanol–water partition coefficient (Wildman–Crippen LogP) is 6.60. The molecule has 0 saturated carbocycles. The van der Waals surface area contributed by atoms with Crippen molar-refractivity contribution < 1.29 is 18.0 Å². The highest BCUT2D eigenvalue weighted by molar-refractivity contribution is 7.93. The lowest BCUT2D eigenvalue weighted by atomic mass is 10.0. The Morgan fingerprint density at radius 1 is 0.930 bits per heavy atom. The topological polar surface area (TPSA) is 86.8 Å². The van der Waals surface area contributed by atoms with Crippen LogP contribution in [0, 0.1) is 0 Å². The van der Waals surface area contributed by atoms with Gasteiger partial charge < -0.3 is 10.2 Å². The molecule has 4 aromatic rings. The number of nitrogens with zero attached hydrogens (tertiary/aromatic N) is 2. The maximum Gasteiger partial charge on any atom is 0.265 e. The van der Waals surface area contributed by atoms with Crippen LogP contribution in [0.2, 0.25) is 10.0 Å². The Labute approximate surface area is 262 Å². The van der Waals surface area contributed by atoms with E-state index in [2.05, 4.69) is 5.32 Å². The molecular formula is C33H33Cl2N3O4S. The van der Waals surface area contributed by atoms with Crippen LogP contribution in [0.4, 0.5) is 5.69 Å². The van der Waals surface area contributed by atoms with E-state index in [-0.39, 0.29) is 48.7 Å². The number of hydrogen-bond donors (Lipinski definition) is 1. The number of nitrogens with one attached hydrogen (secondary N) is 1. The van der Waals surface area contributed by atoms with Crippen LogP contribution in [0.5, 0.6) is 0 Å². The van der Waals surface area contributed by atoms with Crippen molar-refractivity contribution in [3.05, 3.63) is 106 Å². The van der Waals surface area contributed by atoms with Gasteiger partial charge in [0.15, 0.2) is 0 Å². The molecule has 0 fully saturated rings. The van der Waals surface area contributed by atoms with Gasteiger partial charge in [-0.1, -0.05) is 83.9 Å². The fraction of sp³-hybridized carbons (Fsp3) is 0.273. The molecule has 2 amide bonds. The summed E-state index contributed by atoms with van der Waals surface area (Å²) in [7, 11) is -3.74. The van der Waals surface area contributed by atoms with Crippen LogP contribution in [0.15, 0.2) is 89.8 Å². The standard InChI is InChI=1S/C33H33Cl2N3O4S/c1-22(2)36-33(40)29(19-23-9-4-3-5-10-23)37(21-25-16-17-26(34)20-27(25)35)31(39)15-8-18-38-28-13-6-11-24-12-7-14-30(32(24)28)43(38,41)42/h3-7,9-14,16-17,20,22,29H,8,15,18-19,21H2,1-2H3,(H,36,40)/t29-/m1/s1. The number of carbonyl (C=O) groups is 2. The summed E-state index contributed by atoms with van der Waals surface area (Å²) < 4.78 is 28.3. The predicted molar refractivity (Wildman–Crippen MR) is 172 cm³/mol. The molecule has 224 valence electrons. The summed E-state index contributed by atoms with van der Waals surface area (Å²) in [5.41, 5.74) is 2.17. The van der Waals surface area contributed by atoms with E-state index in [0.29, 0.717) is 33.1 Å². The van der Waals surface area contributed by atoms with Crippen molar-refractivity contribution in [3.63, 3.8) is 0 Å². The van der Waals surface area contributed by atoms with Crippen molar-refractivity contribution in [3.8, 4) is 0 Å². The van der Waals surface area contributed by atoms with E-state index in [1.807, 2.05) is 62.4 Å². The largest absolute Gasteiger partial charge is 0.352 e. The van der Waals surface area contributed by atoms with E-state index in [0.717, 1.165) is 10.9 Å². The Morgan fingerprint density at radius 2 is 1.65 bits per heavy atom. The van der Waals surface area contributed by atoms with E-state index >= 15 is 0 Å². The van der Waals surface area contributed by atoms with Crippen molar-refractivity contribution in [1.29, 1.82) is 0 Å². The second kappa shape index (κ2) is 13.0. The monoisotopic (exact) mass is 637 g/mol. The first-order valence-electron chi connectivity index (χ1n) is 14.2. The minimum Gasteiger partial charge on any atom is -0.352 e. The molecule has 1 N–H and O–H groups in total. The number of rotatable bonds is 11. The lowest BCUT2D eigenvalue weighted by Gasteiger charge is -2.32. The molecule has 0 aromatic heterocycles. The molecule has 1 aliphatic rings. The zero-order valence-electron chi connectivity index (χ0n) is 24.0. The van der Waals surface area contributed by atoms with E-state index in [4.69, 9.17) is 23.2 Å². The van der Waals surface area contributed by atoms with Crippen LogP contribution in [-0.4, -0.2) is 43.8 Å². The third-order valence-corrected chi connectivity index (χ3v) is 9.93. The van der Waals surface area contributed by atoms with Crippen molar-refractivity contribution in [2.75, 3.05) is 10.8 Å². The Kier molecular flexibility index (Phi) is 9.30. The summed E-state index contributed by atoms with van der Waals surface area (Å²) in [5.74, 6) is -0.556. The molecule has 0 saturated heterocycles. The first-order valence-corrected chi connectivity index (χ1v) is 16.4. The SMILES string of the molecule is CC(C)NC(=O)[C@@H](Cc1ccccc1)N(Cc1ccc(Cl)cc1Cl)C(=O)CCCN1c2cccc3cccc(c23)S1(=O)=O. The minimum absolute atomic E-state index is 0.0315. The lowest BCUT2D eigenvalue weighted by molar-refractivity contribution is -0.141. The number of carbonyl (C=O) groups excluding carboxylic acids is 2. The van der Waals surface area contributed by atoms with Gasteiger partial charge in [-0.25, -0.2) is 8.42 Å². The second-order valence-electron chi connectivity index (χ2n) is 10.9. The molecule has 0 aliphatic carbocycles. The average Bonchev–Trinajstić information content (AvgIpc) is 3.19. The van der Waals surface area contributed by atoms with Gasteiger partial charge in [0.05, 0.1) is 10.6 Å². The third kappa shape index (κ3) is 6.66. The van der Waals surface area contributed by atoms with Crippen molar-refractivity contribution >= 4 is 61.5 Å². The molecule has 0 unspecified atom stereocenters. The fourth-order valence-electron chi connectivity index (χ4n) is 5.48. The van der Waals surface area contributed by atoms with Crippen molar-refractivity contribution in [2.24, 2.45) is 0 Å². The molecule has 0 spiro atoms. The molecular weight excluding hydrogens is 605 g/mol. The van der Waals surface area contributed by atoms with Gasteiger partial charge in [0.1, 0.15) is 6.04 Å². The molecule has 43 heavy (non-hydrogen) atoms. The van der Waals surface area contributed by atoms with Gasteiger partial charge in [0.25, 0.3) is 10.0 Å². The number of anilines is 1.